The standard InChI is InChI=1S/C24H39N3O/c1-4-12-23(2,3)22(28)25-15-20-26-18-13-24(14-19-26,27-16-8-9-17-27)21-10-6-5-7-11-21/h5-7,10-11H,4,8-9,12-20H2,1-3H3,(H,25,28). The Balaban J connectivity index is 1.54. The summed E-state index contributed by atoms with van der Waals surface area (Å²) in [5.41, 5.74) is 1.45. The van der Waals surface area contributed by atoms with E-state index in [1.807, 2.05) is 0 Å². The average molecular weight is 386 g/mol. The molecule has 0 radical (unpaired) electrons. The SMILES string of the molecule is CCCC(C)(C)C(=O)NCCN1CCC(c2ccccc2)(N2CCCC2)CC1. The Morgan fingerprint density at radius 2 is 1.71 bits per heavy atom. The van der Waals surface area contributed by atoms with Crippen molar-refractivity contribution in [1.82, 2.24) is 15.1 Å². The maximum absolute atomic E-state index is 12.4. The zero-order valence-electron chi connectivity index (χ0n) is 18.2. The molecule has 0 spiro atoms. The maximum Gasteiger partial charge on any atom is 0.225 e. The molecule has 4 heteroatoms. The number of hydrogen-bond donors (Lipinski definition) is 1. The van der Waals surface area contributed by atoms with Gasteiger partial charge in [-0.05, 0) is 50.8 Å². The minimum absolute atomic E-state index is 0.196. The van der Waals surface area contributed by atoms with Gasteiger partial charge in [0.1, 0.15) is 0 Å². The highest BCUT2D eigenvalue weighted by atomic mass is 16.2. The molecule has 0 aliphatic carbocycles. The van der Waals surface area contributed by atoms with Crippen molar-refractivity contribution in [3.63, 3.8) is 0 Å². The molecule has 1 aromatic rings. The van der Waals surface area contributed by atoms with Crippen LogP contribution in [-0.4, -0.2) is 55.0 Å². The third kappa shape index (κ3) is 4.77. The Kier molecular flexibility index (Phi) is 7.16. The first-order valence-electron chi connectivity index (χ1n) is 11.3. The lowest BCUT2D eigenvalue weighted by Crippen LogP contribution is -2.53. The van der Waals surface area contributed by atoms with E-state index in [9.17, 15) is 4.79 Å². The van der Waals surface area contributed by atoms with Crippen LogP contribution in [-0.2, 0) is 10.3 Å². The highest BCUT2D eigenvalue weighted by Crippen LogP contribution is 2.40. The molecule has 3 rings (SSSR count). The van der Waals surface area contributed by atoms with Gasteiger partial charge in [-0.25, -0.2) is 0 Å². The van der Waals surface area contributed by atoms with Gasteiger partial charge in [0.2, 0.25) is 5.91 Å². The van der Waals surface area contributed by atoms with Crippen molar-refractivity contribution in [3.05, 3.63) is 35.9 Å². The predicted octanol–water partition coefficient (Wildman–Crippen LogP) is 4.02. The molecular weight excluding hydrogens is 346 g/mol. The molecule has 1 aromatic carbocycles. The number of benzene rings is 1. The Morgan fingerprint density at radius 1 is 1.07 bits per heavy atom. The molecule has 0 saturated carbocycles. The minimum Gasteiger partial charge on any atom is -0.354 e. The third-order valence-corrected chi connectivity index (χ3v) is 6.91. The van der Waals surface area contributed by atoms with Gasteiger partial charge in [0.25, 0.3) is 0 Å². The summed E-state index contributed by atoms with van der Waals surface area (Å²) in [7, 11) is 0. The van der Waals surface area contributed by atoms with Crippen molar-refractivity contribution in [2.24, 2.45) is 5.41 Å². The second-order valence-electron chi connectivity index (χ2n) is 9.32. The van der Waals surface area contributed by atoms with Gasteiger partial charge in [-0.2, -0.15) is 0 Å². The van der Waals surface area contributed by atoms with Gasteiger partial charge in [-0.15, -0.1) is 0 Å². The molecule has 2 aliphatic rings. The van der Waals surface area contributed by atoms with E-state index in [1.54, 1.807) is 0 Å². The number of carbonyl (C=O) groups is 1. The van der Waals surface area contributed by atoms with Gasteiger partial charge in [0.15, 0.2) is 0 Å². The fourth-order valence-electron chi connectivity index (χ4n) is 5.13. The molecule has 1 amide bonds. The Hall–Kier alpha value is -1.39. The van der Waals surface area contributed by atoms with Gasteiger partial charge >= 0.3 is 0 Å². The van der Waals surface area contributed by atoms with Gasteiger partial charge in [0, 0.05) is 37.1 Å². The van der Waals surface area contributed by atoms with Crippen LogP contribution >= 0.6 is 0 Å². The number of carbonyl (C=O) groups excluding carboxylic acids is 1. The number of rotatable bonds is 8. The molecule has 0 unspecified atom stereocenters. The minimum atomic E-state index is -0.255. The number of hydrogen-bond acceptors (Lipinski definition) is 3. The van der Waals surface area contributed by atoms with Crippen LogP contribution < -0.4 is 5.32 Å². The zero-order valence-corrected chi connectivity index (χ0v) is 18.2. The highest BCUT2D eigenvalue weighted by Gasteiger charge is 2.42. The molecular formula is C24H39N3O. The summed E-state index contributed by atoms with van der Waals surface area (Å²) in [6.07, 6.45) is 7.02. The lowest BCUT2D eigenvalue weighted by molar-refractivity contribution is -0.129. The molecule has 4 nitrogen and oxygen atoms in total. The Bertz CT molecular complexity index is 614. The molecule has 2 saturated heterocycles. The second kappa shape index (κ2) is 9.41. The number of likely N-dealkylation sites (tertiary alicyclic amines) is 2. The van der Waals surface area contributed by atoms with E-state index in [1.165, 1.54) is 44.3 Å². The van der Waals surface area contributed by atoms with Crippen LogP contribution in [0.1, 0.15) is 64.9 Å². The van der Waals surface area contributed by atoms with E-state index in [0.717, 1.165) is 39.0 Å². The molecule has 0 bridgehead atoms. The largest absolute Gasteiger partial charge is 0.354 e. The number of nitrogens with zero attached hydrogens (tertiary/aromatic N) is 2. The fourth-order valence-corrected chi connectivity index (χ4v) is 5.13. The van der Waals surface area contributed by atoms with Crippen LogP contribution in [0, 0.1) is 5.41 Å². The van der Waals surface area contributed by atoms with Crippen molar-refractivity contribution >= 4 is 5.91 Å². The molecule has 2 heterocycles. The van der Waals surface area contributed by atoms with Gasteiger partial charge < -0.3 is 10.2 Å². The van der Waals surface area contributed by atoms with Crippen molar-refractivity contribution < 1.29 is 4.79 Å². The van der Waals surface area contributed by atoms with Gasteiger partial charge in [0.05, 0.1) is 0 Å². The molecule has 2 fully saturated rings. The molecule has 2 aliphatic heterocycles. The fraction of sp³-hybridized carbons (Fsp3) is 0.708. The van der Waals surface area contributed by atoms with Crippen LogP contribution in [0.25, 0.3) is 0 Å². The molecule has 28 heavy (non-hydrogen) atoms. The lowest BCUT2D eigenvalue weighted by atomic mass is 9.79. The maximum atomic E-state index is 12.4. The van der Waals surface area contributed by atoms with E-state index < -0.39 is 0 Å². The topological polar surface area (TPSA) is 35.6 Å². The van der Waals surface area contributed by atoms with Crippen molar-refractivity contribution in [2.45, 2.75) is 64.8 Å². The van der Waals surface area contributed by atoms with E-state index in [0.29, 0.717) is 0 Å². The van der Waals surface area contributed by atoms with E-state index in [4.69, 9.17) is 0 Å². The number of amides is 1. The van der Waals surface area contributed by atoms with Crippen LogP contribution in [0.15, 0.2) is 30.3 Å². The number of piperidine rings is 1. The first-order valence-corrected chi connectivity index (χ1v) is 11.3. The van der Waals surface area contributed by atoms with E-state index in [-0.39, 0.29) is 16.9 Å². The third-order valence-electron chi connectivity index (χ3n) is 6.91. The quantitative estimate of drug-likeness (QED) is 0.734. The summed E-state index contributed by atoms with van der Waals surface area (Å²) in [6.45, 7) is 12.6. The van der Waals surface area contributed by atoms with Crippen LogP contribution in [0.3, 0.4) is 0 Å². The summed E-state index contributed by atoms with van der Waals surface area (Å²) in [6, 6.07) is 11.1. The summed E-state index contributed by atoms with van der Waals surface area (Å²) >= 11 is 0. The Labute approximate surface area is 171 Å². The van der Waals surface area contributed by atoms with Crippen molar-refractivity contribution in [2.75, 3.05) is 39.3 Å². The van der Waals surface area contributed by atoms with Crippen LogP contribution in [0.4, 0.5) is 0 Å². The van der Waals surface area contributed by atoms with Crippen LogP contribution in [0.5, 0.6) is 0 Å². The predicted molar refractivity (Wildman–Crippen MR) is 116 cm³/mol. The lowest BCUT2D eigenvalue weighted by Gasteiger charge is -2.48. The summed E-state index contributed by atoms with van der Waals surface area (Å²) in [5.74, 6) is 0.196. The normalized spacial score (nSPS) is 21.0. The summed E-state index contributed by atoms with van der Waals surface area (Å²) in [4.78, 5) is 17.7. The first-order chi connectivity index (χ1) is 13.5. The molecule has 1 N–H and O–H groups in total. The summed E-state index contributed by atoms with van der Waals surface area (Å²) in [5, 5.41) is 3.17. The monoisotopic (exact) mass is 385 g/mol. The van der Waals surface area contributed by atoms with E-state index in [2.05, 4.69) is 66.2 Å². The van der Waals surface area contributed by atoms with Gasteiger partial charge in [-0.1, -0.05) is 57.5 Å². The van der Waals surface area contributed by atoms with E-state index >= 15 is 0 Å². The molecule has 0 aromatic heterocycles. The van der Waals surface area contributed by atoms with Gasteiger partial charge in [-0.3, -0.25) is 9.69 Å². The van der Waals surface area contributed by atoms with Crippen LogP contribution in [0.2, 0.25) is 0 Å². The highest BCUT2D eigenvalue weighted by molar-refractivity contribution is 5.81. The molecule has 0 atom stereocenters. The smallest absolute Gasteiger partial charge is 0.225 e. The zero-order chi connectivity index (χ0) is 20.0. The first kappa shape index (κ1) is 21.3. The summed E-state index contributed by atoms with van der Waals surface area (Å²) < 4.78 is 0. The average Bonchev–Trinajstić information content (AvgIpc) is 3.24. The molecule has 156 valence electrons. The van der Waals surface area contributed by atoms with Crippen molar-refractivity contribution in [1.29, 1.82) is 0 Å². The van der Waals surface area contributed by atoms with Crippen molar-refractivity contribution in [3.8, 4) is 0 Å². The number of nitrogens with one attached hydrogen (secondary N) is 1. The Morgan fingerprint density at radius 3 is 2.32 bits per heavy atom. The second-order valence-corrected chi connectivity index (χ2v) is 9.32.